The van der Waals surface area contributed by atoms with E-state index in [4.69, 9.17) is 23.2 Å². The van der Waals surface area contributed by atoms with Crippen LogP contribution in [0.4, 0.5) is 5.69 Å². The summed E-state index contributed by atoms with van der Waals surface area (Å²) < 4.78 is 0. The topological polar surface area (TPSA) is 149 Å². The maximum absolute atomic E-state index is 13.7. The van der Waals surface area contributed by atoms with Gasteiger partial charge in [0.25, 0.3) is 23.6 Å². The van der Waals surface area contributed by atoms with Crippen LogP contribution in [-0.4, -0.2) is 55.7 Å². The van der Waals surface area contributed by atoms with Crippen molar-refractivity contribution in [2.45, 2.75) is 11.4 Å². The molecule has 6 rings (SSSR count). The number of nitrogens with zero attached hydrogens (tertiary/aromatic N) is 2. The molecule has 3 aromatic carbocycles. The Labute approximate surface area is 234 Å². The average Bonchev–Trinajstić information content (AvgIpc) is 2.91. The van der Waals surface area contributed by atoms with Crippen molar-refractivity contribution in [3.8, 4) is 0 Å². The molecule has 2 N–H and O–H groups in total. The fourth-order valence-corrected chi connectivity index (χ4v) is 5.67. The van der Waals surface area contributed by atoms with Crippen LogP contribution in [0.25, 0.3) is 10.8 Å². The van der Waals surface area contributed by atoms with E-state index >= 15 is 0 Å². The number of imide groups is 2. The van der Waals surface area contributed by atoms with E-state index in [-0.39, 0.29) is 61.3 Å². The lowest BCUT2D eigenvalue weighted by Gasteiger charge is -2.39. The first-order valence-corrected chi connectivity index (χ1v) is 12.4. The Bertz CT molecular complexity index is 1790. The number of anilines is 1. The lowest BCUT2D eigenvalue weighted by Crippen LogP contribution is -2.53. The van der Waals surface area contributed by atoms with Crippen LogP contribution < -0.4 is 4.90 Å². The van der Waals surface area contributed by atoms with Crippen LogP contribution in [0.5, 0.6) is 0 Å². The van der Waals surface area contributed by atoms with Crippen molar-refractivity contribution in [1.29, 1.82) is 0 Å². The quantitative estimate of drug-likeness (QED) is 0.262. The lowest BCUT2D eigenvalue weighted by molar-refractivity contribution is -0.132. The molecule has 0 spiro atoms. The van der Waals surface area contributed by atoms with Crippen LogP contribution >= 0.6 is 23.2 Å². The zero-order valence-electron chi connectivity index (χ0n) is 20.0. The summed E-state index contributed by atoms with van der Waals surface area (Å²) >= 11 is 12.9. The number of halogens is 2. The first-order valence-electron chi connectivity index (χ1n) is 11.7. The monoisotopic (exact) mass is 576 g/mol. The molecule has 1 aliphatic carbocycles. The molecule has 4 amide bonds. The van der Waals surface area contributed by atoms with Gasteiger partial charge in [-0.2, -0.15) is 0 Å². The van der Waals surface area contributed by atoms with E-state index in [1.54, 1.807) is 0 Å². The van der Waals surface area contributed by atoms with Gasteiger partial charge in [-0.25, -0.2) is 14.5 Å². The van der Waals surface area contributed by atoms with E-state index < -0.39 is 40.6 Å². The molecule has 198 valence electrons. The highest BCUT2D eigenvalue weighted by molar-refractivity contribution is 6.42. The molecule has 0 bridgehead atoms. The van der Waals surface area contributed by atoms with E-state index in [0.29, 0.717) is 0 Å². The molecule has 0 radical (unpaired) electrons. The normalized spacial score (nSPS) is 19.8. The van der Waals surface area contributed by atoms with Gasteiger partial charge in [-0.1, -0.05) is 29.3 Å². The number of hydrogen-bond acceptors (Lipinski definition) is 6. The number of aromatic carboxylic acids is 1. The third kappa shape index (κ3) is 3.43. The summed E-state index contributed by atoms with van der Waals surface area (Å²) in [5.74, 6) is -5.67. The second kappa shape index (κ2) is 8.60. The minimum atomic E-state index is -1.68. The van der Waals surface area contributed by atoms with Crippen molar-refractivity contribution < 1.29 is 39.0 Å². The Morgan fingerprint density at radius 2 is 1.30 bits per heavy atom. The van der Waals surface area contributed by atoms with Gasteiger partial charge in [-0.3, -0.25) is 24.1 Å². The maximum Gasteiger partial charge on any atom is 0.335 e. The Morgan fingerprint density at radius 1 is 0.775 bits per heavy atom. The van der Waals surface area contributed by atoms with Gasteiger partial charge in [0.2, 0.25) is 0 Å². The summed E-state index contributed by atoms with van der Waals surface area (Å²) in [6, 6.07) is 8.98. The zero-order chi connectivity index (χ0) is 28.7. The van der Waals surface area contributed by atoms with Gasteiger partial charge < -0.3 is 10.2 Å². The van der Waals surface area contributed by atoms with Crippen molar-refractivity contribution in [2.24, 2.45) is 0 Å². The molecule has 2 heterocycles. The number of rotatable bonds is 4. The van der Waals surface area contributed by atoms with Gasteiger partial charge in [0.1, 0.15) is 5.00 Å². The highest BCUT2D eigenvalue weighted by Gasteiger charge is 2.47. The minimum Gasteiger partial charge on any atom is -0.478 e. The maximum atomic E-state index is 13.7. The molecule has 2 aliphatic heterocycles. The van der Waals surface area contributed by atoms with Crippen LogP contribution in [0, 0.1) is 0 Å². The number of benzene rings is 3. The summed E-state index contributed by atoms with van der Waals surface area (Å²) in [4.78, 5) is 77.3. The van der Waals surface area contributed by atoms with Gasteiger partial charge in [0, 0.05) is 39.4 Å². The summed E-state index contributed by atoms with van der Waals surface area (Å²) in [5, 5.41) is 18.8. The largest absolute Gasteiger partial charge is 0.478 e. The predicted molar refractivity (Wildman–Crippen MR) is 142 cm³/mol. The van der Waals surface area contributed by atoms with E-state index in [1.807, 2.05) is 0 Å². The molecular weight excluding hydrogens is 563 g/mol. The van der Waals surface area contributed by atoms with E-state index in [2.05, 4.69) is 0 Å². The molecular formula is C28H14Cl2N2O8. The van der Waals surface area contributed by atoms with Crippen molar-refractivity contribution >= 4 is 75.2 Å². The minimum absolute atomic E-state index is 0.00762. The van der Waals surface area contributed by atoms with E-state index in [0.717, 1.165) is 15.9 Å². The molecule has 0 saturated carbocycles. The number of amides is 4. The molecule has 12 heteroatoms. The van der Waals surface area contributed by atoms with Gasteiger partial charge in [-0.15, -0.1) is 0 Å². The number of carboxylic acid groups (broad SMARTS) is 2. The number of carbonyl (C=O) groups excluding carboxylic acids is 4. The number of aliphatic carboxylic acids is 1. The highest BCUT2D eigenvalue weighted by Crippen LogP contribution is 2.43. The second-order valence-electron chi connectivity index (χ2n) is 9.25. The van der Waals surface area contributed by atoms with Crippen molar-refractivity contribution in [3.05, 3.63) is 99.1 Å². The van der Waals surface area contributed by atoms with E-state index in [1.165, 1.54) is 54.6 Å². The Kier molecular flexibility index (Phi) is 5.48. The second-order valence-corrected chi connectivity index (χ2v) is 10.3. The van der Waals surface area contributed by atoms with Crippen molar-refractivity contribution in [2.75, 3.05) is 4.90 Å². The van der Waals surface area contributed by atoms with E-state index in [9.17, 15) is 39.0 Å². The standard InChI is InChI=1S/C28H14Cl2N2O8/c29-18-6-1-13(27(39)40)11-19(18)31-22(33)14-2-4-16-21-17(5-3-15(20(14)21)23(31)34)25(36)32(24(16)35)28(30)9-7-12(8-10-28)26(37)38/h1-9,11H,10H2,(H,37,38)(H,39,40). The van der Waals surface area contributed by atoms with Crippen LogP contribution in [0.15, 0.2) is 66.3 Å². The van der Waals surface area contributed by atoms with Crippen molar-refractivity contribution in [1.82, 2.24) is 4.90 Å². The number of carbonyl (C=O) groups is 6. The predicted octanol–water partition coefficient (Wildman–Crippen LogP) is 4.49. The Hall–Kier alpha value is -4.80. The summed E-state index contributed by atoms with van der Waals surface area (Å²) in [6.07, 6.45) is 3.63. The van der Waals surface area contributed by atoms with Crippen LogP contribution in [0.1, 0.15) is 58.2 Å². The first kappa shape index (κ1) is 25.5. The smallest absolute Gasteiger partial charge is 0.335 e. The zero-order valence-corrected chi connectivity index (χ0v) is 21.5. The third-order valence-electron chi connectivity index (χ3n) is 7.07. The fourth-order valence-electron chi connectivity index (χ4n) is 5.18. The summed E-state index contributed by atoms with van der Waals surface area (Å²) in [6.45, 7) is 0. The third-order valence-corrected chi connectivity index (χ3v) is 7.84. The highest BCUT2D eigenvalue weighted by atomic mass is 35.5. The van der Waals surface area contributed by atoms with Gasteiger partial charge in [-0.05, 0) is 54.6 Å². The number of hydrogen-bond donors (Lipinski definition) is 2. The van der Waals surface area contributed by atoms with Crippen LogP contribution in [0.3, 0.4) is 0 Å². The Morgan fingerprint density at radius 3 is 1.75 bits per heavy atom. The molecule has 1 unspecified atom stereocenters. The van der Waals surface area contributed by atoms with Crippen molar-refractivity contribution in [3.63, 3.8) is 0 Å². The van der Waals surface area contributed by atoms with Crippen LogP contribution in [0.2, 0.25) is 5.02 Å². The number of carboxylic acids is 2. The first-order chi connectivity index (χ1) is 18.9. The Balaban J connectivity index is 1.49. The molecule has 0 aromatic heterocycles. The molecule has 1 atom stereocenters. The number of alkyl halides is 1. The van der Waals surface area contributed by atoms with Gasteiger partial charge >= 0.3 is 11.9 Å². The summed E-state index contributed by atoms with van der Waals surface area (Å²) in [5.41, 5.74) is -0.294. The summed E-state index contributed by atoms with van der Waals surface area (Å²) in [7, 11) is 0. The molecule has 3 aliphatic rings. The van der Waals surface area contributed by atoms with Crippen LogP contribution in [-0.2, 0) is 4.79 Å². The molecule has 0 saturated heterocycles. The van der Waals surface area contributed by atoms with Gasteiger partial charge in [0.15, 0.2) is 0 Å². The molecule has 40 heavy (non-hydrogen) atoms. The molecule has 3 aromatic rings. The average molecular weight is 577 g/mol. The van der Waals surface area contributed by atoms with Gasteiger partial charge in [0.05, 0.1) is 21.8 Å². The molecule has 10 nitrogen and oxygen atoms in total. The molecule has 0 fully saturated rings. The lowest BCUT2D eigenvalue weighted by atomic mass is 9.85. The fraction of sp³-hybridized carbons (Fsp3) is 0.0714. The SMILES string of the molecule is O=C(O)C1=CCC(Cl)(N2C(=O)c3ccc4c5c(ccc(c35)C2=O)C(=O)N(c2cc(C(=O)O)ccc2Cl)C4=O)C=C1.